The number of thiophene rings is 1. The summed E-state index contributed by atoms with van der Waals surface area (Å²) in [7, 11) is 0.430. The maximum Gasteiger partial charge on any atom is 0.308 e. The van der Waals surface area contributed by atoms with Crippen molar-refractivity contribution in [3.8, 4) is 0 Å². The number of hydrogen-bond donors (Lipinski definition) is 2. The van der Waals surface area contributed by atoms with E-state index < -0.39 is 16.0 Å². The summed E-state index contributed by atoms with van der Waals surface area (Å²) in [6.07, 6.45) is 1.54. The zero-order chi connectivity index (χ0) is 15.2. The summed E-state index contributed by atoms with van der Waals surface area (Å²) in [5.74, 6) is -0.965. The van der Waals surface area contributed by atoms with E-state index in [1.807, 2.05) is 19.0 Å². The molecule has 1 heterocycles. The highest BCUT2D eigenvalue weighted by Crippen LogP contribution is 2.21. The Hall–Kier alpha value is -0.960. The van der Waals surface area contributed by atoms with Gasteiger partial charge in [-0.3, -0.25) is 4.79 Å². The molecular formula is C12H20N2O4S2. The molecule has 114 valence electrons. The highest BCUT2D eigenvalue weighted by molar-refractivity contribution is 7.91. The van der Waals surface area contributed by atoms with E-state index in [1.165, 1.54) is 6.07 Å². The third-order valence-electron chi connectivity index (χ3n) is 2.55. The lowest BCUT2D eigenvalue weighted by molar-refractivity contribution is -0.136. The first-order chi connectivity index (χ1) is 9.31. The van der Waals surface area contributed by atoms with Gasteiger partial charge in [0.1, 0.15) is 4.21 Å². The van der Waals surface area contributed by atoms with Gasteiger partial charge in [0.25, 0.3) is 0 Å². The molecule has 0 atom stereocenters. The molecule has 20 heavy (non-hydrogen) atoms. The number of carboxylic acid groups (broad SMARTS) is 1. The van der Waals surface area contributed by atoms with E-state index in [4.69, 9.17) is 5.11 Å². The van der Waals surface area contributed by atoms with E-state index in [-0.39, 0.29) is 10.6 Å². The van der Waals surface area contributed by atoms with Crippen molar-refractivity contribution >= 4 is 27.3 Å². The average Bonchev–Trinajstić information content (AvgIpc) is 2.76. The number of aliphatic carboxylic acids is 1. The second-order valence-corrected chi connectivity index (χ2v) is 7.86. The molecule has 0 saturated heterocycles. The minimum Gasteiger partial charge on any atom is -0.481 e. The molecule has 0 aliphatic rings. The minimum absolute atomic E-state index is 0.150. The van der Waals surface area contributed by atoms with Crippen molar-refractivity contribution in [1.82, 2.24) is 9.62 Å². The number of nitrogens with one attached hydrogen (secondary N) is 1. The molecule has 1 aromatic heterocycles. The molecule has 0 fully saturated rings. The van der Waals surface area contributed by atoms with E-state index in [1.54, 1.807) is 6.07 Å². The molecule has 0 aromatic carbocycles. The first-order valence-corrected chi connectivity index (χ1v) is 8.56. The van der Waals surface area contributed by atoms with Crippen molar-refractivity contribution in [3.05, 3.63) is 17.0 Å². The number of carbonyl (C=O) groups is 1. The van der Waals surface area contributed by atoms with Crippen LogP contribution in [0.4, 0.5) is 0 Å². The Morgan fingerprint density at radius 3 is 2.65 bits per heavy atom. The fourth-order valence-electron chi connectivity index (χ4n) is 1.58. The quantitative estimate of drug-likeness (QED) is 0.663. The van der Waals surface area contributed by atoms with Crippen LogP contribution in [0.2, 0.25) is 0 Å². The van der Waals surface area contributed by atoms with Crippen LogP contribution in [-0.2, 0) is 21.2 Å². The highest BCUT2D eigenvalue weighted by atomic mass is 32.2. The Kier molecular flexibility index (Phi) is 6.60. The fourth-order valence-corrected chi connectivity index (χ4v) is 4.04. The Balaban J connectivity index is 2.47. The molecule has 0 aliphatic heterocycles. The van der Waals surface area contributed by atoms with Crippen molar-refractivity contribution in [2.45, 2.75) is 23.5 Å². The van der Waals surface area contributed by atoms with Crippen LogP contribution in [0.3, 0.4) is 0 Å². The van der Waals surface area contributed by atoms with Gasteiger partial charge in [0.2, 0.25) is 10.0 Å². The van der Waals surface area contributed by atoms with E-state index in [0.717, 1.165) is 30.7 Å². The lowest BCUT2D eigenvalue weighted by Gasteiger charge is -2.09. The van der Waals surface area contributed by atoms with Gasteiger partial charge in [0, 0.05) is 11.4 Å². The monoisotopic (exact) mass is 320 g/mol. The normalized spacial score (nSPS) is 11.9. The number of nitrogens with zero attached hydrogens (tertiary/aromatic N) is 1. The van der Waals surface area contributed by atoms with Crippen LogP contribution < -0.4 is 4.72 Å². The summed E-state index contributed by atoms with van der Waals surface area (Å²) in [6.45, 7) is 1.31. The fraction of sp³-hybridized carbons (Fsp3) is 0.583. The molecule has 2 N–H and O–H groups in total. The third-order valence-corrected chi connectivity index (χ3v) is 5.59. The first-order valence-electron chi connectivity index (χ1n) is 6.26. The summed E-state index contributed by atoms with van der Waals surface area (Å²) in [4.78, 5) is 13.1. The van der Waals surface area contributed by atoms with Gasteiger partial charge in [0.05, 0.1) is 6.42 Å². The number of carboxylic acids is 1. The van der Waals surface area contributed by atoms with Gasteiger partial charge in [0.15, 0.2) is 0 Å². The van der Waals surface area contributed by atoms with Crippen LogP contribution >= 0.6 is 11.3 Å². The van der Waals surface area contributed by atoms with Crippen molar-refractivity contribution in [2.24, 2.45) is 0 Å². The summed E-state index contributed by atoms with van der Waals surface area (Å²) in [5.41, 5.74) is 0. The molecule has 0 amide bonds. The number of rotatable bonds is 9. The SMILES string of the molecule is CN(C)CCCCNS(=O)(=O)c1ccc(CC(=O)O)s1. The van der Waals surface area contributed by atoms with E-state index in [2.05, 4.69) is 4.72 Å². The van der Waals surface area contributed by atoms with Crippen LogP contribution in [0.5, 0.6) is 0 Å². The van der Waals surface area contributed by atoms with Crippen LogP contribution in [-0.4, -0.2) is 51.6 Å². The average molecular weight is 320 g/mol. The van der Waals surface area contributed by atoms with Crippen LogP contribution in [0.15, 0.2) is 16.3 Å². The van der Waals surface area contributed by atoms with Gasteiger partial charge in [-0.2, -0.15) is 0 Å². The van der Waals surface area contributed by atoms with Crippen LogP contribution in [0.25, 0.3) is 0 Å². The second-order valence-electron chi connectivity index (χ2n) is 4.70. The lowest BCUT2D eigenvalue weighted by Crippen LogP contribution is -2.24. The summed E-state index contributed by atoms with van der Waals surface area (Å²) >= 11 is 0.997. The van der Waals surface area contributed by atoms with Crippen LogP contribution in [0.1, 0.15) is 17.7 Å². The Morgan fingerprint density at radius 2 is 2.05 bits per heavy atom. The van der Waals surface area contributed by atoms with Gasteiger partial charge in [-0.1, -0.05) is 0 Å². The van der Waals surface area contributed by atoms with Crippen molar-refractivity contribution in [2.75, 3.05) is 27.2 Å². The number of hydrogen-bond acceptors (Lipinski definition) is 5. The molecule has 1 aromatic rings. The van der Waals surface area contributed by atoms with Crippen LogP contribution in [0, 0.1) is 0 Å². The predicted molar refractivity (Wildman–Crippen MR) is 78.6 cm³/mol. The standard InChI is InChI=1S/C12H20N2O4S2/c1-14(2)8-4-3-7-13-20(17,18)12-6-5-10(19-12)9-11(15)16/h5-6,13H,3-4,7-9H2,1-2H3,(H,15,16). The Bertz CT molecular complexity index is 537. The molecule has 1 rings (SSSR count). The number of unbranched alkanes of at least 4 members (excludes halogenated alkanes) is 1. The Morgan fingerprint density at radius 1 is 1.35 bits per heavy atom. The largest absolute Gasteiger partial charge is 0.481 e. The molecule has 0 saturated carbocycles. The van der Waals surface area contributed by atoms with E-state index in [0.29, 0.717) is 11.4 Å². The Labute approximate surface area is 123 Å². The zero-order valence-electron chi connectivity index (χ0n) is 11.6. The highest BCUT2D eigenvalue weighted by Gasteiger charge is 2.16. The minimum atomic E-state index is -3.51. The molecule has 0 bridgehead atoms. The topological polar surface area (TPSA) is 86.7 Å². The van der Waals surface area contributed by atoms with Crippen molar-refractivity contribution in [1.29, 1.82) is 0 Å². The maximum absolute atomic E-state index is 12.0. The lowest BCUT2D eigenvalue weighted by atomic mass is 10.3. The maximum atomic E-state index is 12.0. The summed E-state index contributed by atoms with van der Waals surface area (Å²) < 4.78 is 26.6. The van der Waals surface area contributed by atoms with Crippen molar-refractivity contribution < 1.29 is 18.3 Å². The van der Waals surface area contributed by atoms with Gasteiger partial charge in [-0.05, 0) is 45.6 Å². The second kappa shape index (κ2) is 7.72. The van der Waals surface area contributed by atoms with Gasteiger partial charge >= 0.3 is 5.97 Å². The van der Waals surface area contributed by atoms with Gasteiger partial charge < -0.3 is 10.0 Å². The molecule has 0 aliphatic carbocycles. The van der Waals surface area contributed by atoms with E-state index >= 15 is 0 Å². The number of sulfonamides is 1. The molecule has 6 nitrogen and oxygen atoms in total. The van der Waals surface area contributed by atoms with Crippen molar-refractivity contribution in [3.63, 3.8) is 0 Å². The molecule has 0 spiro atoms. The summed E-state index contributed by atoms with van der Waals surface area (Å²) in [6, 6.07) is 2.99. The summed E-state index contributed by atoms with van der Waals surface area (Å²) in [5, 5.41) is 8.66. The molecular weight excluding hydrogens is 300 g/mol. The molecule has 0 radical (unpaired) electrons. The first kappa shape index (κ1) is 17.1. The van der Waals surface area contributed by atoms with Gasteiger partial charge in [-0.25, -0.2) is 13.1 Å². The van der Waals surface area contributed by atoms with Gasteiger partial charge in [-0.15, -0.1) is 11.3 Å². The zero-order valence-corrected chi connectivity index (χ0v) is 13.3. The molecule has 8 heteroatoms. The molecule has 0 unspecified atom stereocenters. The smallest absolute Gasteiger partial charge is 0.308 e. The predicted octanol–water partition coefficient (Wildman–Crippen LogP) is 0.995. The van der Waals surface area contributed by atoms with E-state index in [9.17, 15) is 13.2 Å². The third kappa shape index (κ3) is 6.00.